The van der Waals surface area contributed by atoms with Crippen LogP contribution >= 0.6 is 0 Å². The number of hydrogen-bond donors (Lipinski definition) is 5. The molecule has 1 aromatic heterocycles. The first-order chi connectivity index (χ1) is 19.4. The lowest BCUT2D eigenvalue weighted by molar-refractivity contribution is -0.155. The molecule has 0 spiro atoms. The van der Waals surface area contributed by atoms with Gasteiger partial charge in [0.1, 0.15) is 43.6 Å². The quantitative estimate of drug-likeness (QED) is 0.220. The standard InChI is InChI=1S/C26H33FN4O10/c1-4-13(2)18(29-21(34)14(3)28-26(38)40-11-15-8-6-5-7-9-15)24(36)39-12-17-19(32)20(33)23(41-17)31-10-16(27)22(35)30-25(31)37/h5-10,13-14,17-20,23,32-33H,4,11-12H2,1-3H3,(H,28,38)(H,29,34)(H,30,35,37)/t13-,14-,17+,18-,19+,20+,23+/m0/s1. The van der Waals surface area contributed by atoms with Gasteiger partial charge in [0.2, 0.25) is 11.7 Å². The zero-order chi connectivity index (χ0) is 30.3. The fraction of sp³-hybridized carbons (Fsp3) is 0.500. The molecule has 14 nitrogen and oxygen atoms in total. The smallest absolute Gasteiger partial charge is 0.408 e. The SMILES string of the molecule is CC[C@H](C)[C@H](NC(=O)[C@H](C)NC(=O)OCc1ccccc1)C(=O)OC[C@H]1O[C@@H](n2cc(F)c(=O)[nH]c2=O)[C@H](O)[C@@H]1O. The van der Waals surface area contributed by atoms with Crippen LogP contribution in [-0.2, 0) is 30.4 Å². The molecular weight excluding hydrogens is 547 g/mol. The highest BCUT2D eigenvalue weighted by atomic mass is 19.1. The Bertz CT molecular complexity index is 1330. The first-order valence-corrected chi connectivity index (χ1v) is 12.9. The summed E-state index contributed by atoms with van der Waals surface area (Å²) in [5, 5.41) is 25.6. The van der Waals surface area contributed by atoms with Gasteiger partial charge in [0, 0.05) is 0 Å². The number of aliphatic hydroxyl groups excluding tert-OH is 2. The summed E-state index contributed by atoms with van der Waals surface area (Å²) >= 11 is 0. The molecule has 5 N–H and O–H groups in total. The van der Waals surface area contributed by atoms with Crippen molar-refractivity contribution in [2.24, 2.45) is 5.92 Å². The van der Waals surface area contributed by atoms with Crippen LogP contribution in [0.2, 0.25) is 0 Å². The molecule has 1 aliphatic rings. The minimum Gasteiger partial charge on any atom is -0.461 e. The van der Waals surface area contributed by atoms with E-state index in [1.807, 2.05) is 6.07 Å². The minimum absolute atomic E-state index is 0.000735. The van der Waals surface area contributed by atoms with Crippen LogP contribution in [0.25, 0.3) is 0 Å². The van der Waals surface area contributed by atoms with Crippen LogP contribution in [0.15, 0.2) is 46.1 Å². The fourth-order valence-electron chi connectivity index (χ4n) is 3.96. The largest absolute Gasteiger partial charge is 0.461 e. The van der Waals surface area contributed by atoms with Gasteiger partial charge in [0.25, 0.3) is 5.56 Å². The van der Waals surface area contributed by atoms with E-state index in [2.05, 4.69) is 10.6 Å². The number of aliphatic hydroxyl groups is 2. The number of esters is 1. The molecule has 1 saturated heterocycles. The maximum Gasteiger partial charge on any atom is 0.408 e. The van der Waals surface area contributed by atoms with E-state index in [1.165, 1.54) is 6.92 Å². The zero-order valence-corrected chi connectivity index (χ0v) is 22.6. The number of nitrogens with zero attached hydrogens (tertiary/aromatic N) is 1. The van der Waals surface area contributed by atoms with Gasteiger partial charge in [-0.1, -0.05) is 50.6 Å². The Kier molecular flexibility index (Phi) is 10.7. The van der Waals surface area contributed by atoms with Crippen LogP contribution in [-0.4, -0.2) is 74.7 Å². The van der Waals surface area contributed by atoms with Crippen molar-refractivity contribution in [1.29, 1.82) is 0 Å². The lowest BCUT2D eigenvalue weighted by Crippen LogP contribution is -2.53. The highest BCUT2D eigenvalue weighted by molar-refractivity contribution is 5.89. The molecule has 0 unspecified atom stereocenters. The number of rotatable bonds is 11. The molecule has 2 amide bonds. The number of benzene rings is 1. The number of carbonyl (C=O) groups excluding carboxylic acids is 3. The first-order valence-electron chi connectivity index (χ1n) is 12.9. The third kappa shape index (κ3) is 7.99. The van der Waals surface area contributed by atoms with E-state index < -0.39 is 84.2 Å². The van der Waals surface area contributed by atoms with Gasteiger partial charge in [-0.2, -0.15) is 4.39 Å². The topological polar surface area (TPSA) is 198 Å². The molecule has 2 aromatic rings. The zero-order valence-electron chi connectivity index (χ0n) is 22.6. The average Bonchev–Trinajstić information content (AvgIpc) is 3.23. The van der Waals surface area contributed by atoms with Gasteiger partial charge >= 0.3 is 17.8 Å². The van der Waals surface area contributed by atoms with E-state index in [1.54, 1.807) is 43.1 Å². The van der Waals surface area contributed by atoms with Crippen LogP contribution in [0.1, 0.15) is 39.0 Å². The summed E-state index contributed by atoms with van der Waals surface area (Å²) in [6, 6.07) is 6.72. The Balaban J connectivity index is 1.57. The Labute approximate surface area is 233 Å². The fourth-order valence-corrected chi connectivity index (χ4v) is 3.96. The molecule has 3 rings (SSSR count). The van der Waals surface area contributed by atoms with Crippen molar-refractivity contribution in [2.75, 3.05) is 6.61 Å². The van der Waals surface area contributed by atoms with E-state index >= 15 is 0 Å². The molecular formula is C26H33FN4O10. The number of amides is 2. The van der Waals surface area contributed by atoms with Crippen molar-refractivity contribution in [2.45, 2.75) is 70.4 Å². The van der Waals surface area contributed by atoms with Crippen molar-refractivity contribution in [3.8, 4) is 0 Å². The maximum absolute atomic E-state index is 13.7. The Morgan fingerprint density at radius 3 is 2.44 bits per heavy atom. The van der Waals surface area contributed by atoms with Crippen molar-refractivity contribution < 1.29 is 43.2 Å². The second-order valence-corrected chi connectivity index (χ2v) is 9.62. The van der Waals surface area contributed by atoms with Crippen molar-refractivity contribution in [1.82, 2.24) is 20.2 Å². The molecule has 2 heterocycles. The van der Waals surface area contributed by atoms with E-state index in [4.69, 9.17) is 14.2 Å². The van der Waals surface area contributed by atoms with E-state index in [9.17, 15) is 38.6 Å². The predicted molar refractivity (Wildman–Crippen MR) is 139 cm³/mol. The van der Waals surface area contributed by atoms with Crippen LogP contribution in [0.5, 0.6) is 0 Å². The van der Waals surface area contributed by atoms with Crippen LogP contribution in [0, 0.1) is 11.7 Å². The van der Waals surface area contributed by atoms with Gasteiger partial charge in [0.15, 0.2) is 6.23 Å². The molecule has 41 heavy (non-hydrogen) atoms. The van der Waals surface area contributed by atoms with E-state index in [0.29, 0.717) is 17.2 Å². The van der Waals surface area contributed by atoms with Gasteiger partial charge in [-0.25, -0.2) is 14.4 Å². The summed E-state index contributed by atoms with van der Waals surface area (Å²) < 4.78 is 30.0. The summed E-state index contributed by atoms with van der Waals surface area (Å²) in [5.41, 5.74) is -1.60. The number of halogens is 1. The van der Waals surface area contributed by atoms with Crippen LogP contribution in [0.4, 0.5) is 9.18 Å². The van der Waals surface area contributed by atoms with Crippen molar-refractivity contribution in [3.05, 3.63) is 68.7 Å². The van der Waals surface area contributed by atoms with E-state index in [-0.39, 0.29) is 6.61 Å². The number of ether oxygens (including phenoxy) is 3. The summed E-state index contributed by atoms with van der Waals surface area (Å²) in [5.74, 6) is -3.28. The molecule has 1 fully saturated rings. The molecule has 0 saturated carbocycles. The van der Waals surface area contributed by atoms with Crippen LogP contribution in [0.3, 0.4) is 0 Å². The van der Waals surface area contributed by atoms with Gasteiger partial charge < -0.3 is 35.1 Å². The molecule has 224 valence electrons. The molecule has 15 heteroatoms. The Morgan fingerprint density at radius 2 is 1.78 bits per heavy atom. The van der Waals surface area contributed by atoms with E-state index in [0.717, 1.165) is 5.56 Å². The van der Waals surface area contributed by atoms with Crippen molar-refractivity contribution >= 4 is 18.0 Å². The average molecular weight is 581 g/mol. The summed E-state index contributed by atoms with van der Waals surface area (Å²) in [6.45, 7) is 4.29. The van der Waals surface area contributed by atoms with Crippen molar-refractivity contribution in [3.63, 3.8) is 0 Å². The second kappa shape index (κ2) is 14.0. The predicted octanol–water partition coefficient (Wildman–Crippen LogP) is -0.316. The second-order valence-electron chi connectivity index (χ2n) is 9.62. The monoisotopic (exact) mass is 580 g/mol. The summed E-state index contributed by atoms with van der Waals surface area (Å²) in [6.07, 6.45) is -6.11. The number of nitrogens with one attached hydrogen (secondary N) is 3. The number of carbonyl (C=O) groups is 3. The molecule has 7 atom stereocenters. The molecule has 1 aliphatic heterocycles. The van der Waals surface area contributed by atoms with Gasteiger partial charge in [0.05, 0.1) is 6.20 Å². The third-order valence-corrected chi connectivity index (χ3v) is 6.63. The Morgan fingerprint density at radius 1 is 1.10 bits per heavy atom. The number of aromatic nitrogens is 2. The maximum atomic E-state index is 13.7. The molecule has 0 bridgehead atoms. The third-order valence-electron chi connectivity index (χ3n) is 6.63. The van der Waals surface area contributed by atoms with Gasteiger partial charge in [-0.15, -0.1) is 0 Å². The highest BCUT2D eigenvalue weighted by Gasteiger charge is 2.45. The van der Waals surface area contributed by atoms with Gasteiger partial charge in [-0.05, 0) is 18.4 Å². The normalized spacial score (nSPS) is 22.3. The number of alkyl carbamates (subject to hydrolysis) is 1. The number of hydrogen-bond acceptors (Lipinski definition) is 10. The molecule has 1 aromatic carbocycles. The highest BCUT2D eigenvalue weighted by Crippen LogP contribution is 2.28. The summed E-state index contributed by atoms with van der Waals surface area (Å²) in [7, 11) is 0. The van der Waals surface area contributed by atoms with Gasteiger partial charge in [-0.3, -0.25) is 19.1 Å². The molecule has 0 aliphatic carbocycles. The van der Waals surface area contributed by atoms with Crippen LogP contribution < -0.4 is 21.9 Å². The lowest BCUT2D eigenvalue weighted by Gasteiger charge is -2.25. The number of H-pyrrole nitrogens is 1. The Hall–Kier alpha value is -4.08. The number of aromatic amines is 1. The molecule has 0 radical (unpaired) electrons. The summed E-state index contributed by atoms with van der Waals surface area (Å²) in [4.78, 5) is 62.8. The lowest BCUT2D eigenvalue weighted by atomic mass is 9.99. The minimum atomic E-state index is -1.72. The first kappa shape index (κ1) is 31.4.